The lowest BCUT2D eigenvalue weighted by molar-refractivity contribution is 0.215. The van der Waals surface area contributed by atoms with Crippen molar-refractivity contribution in [2.24, 2.45) is 5.16 Å². The Bertz CT molecular complexity index is 385. The van der Waals surface area contributed by atoms with Crippen LogP contribution < -0.4 is 0 Å². The fraction of sp³-hybridized carbons (Fsp3) is 0.417. The molecule has 4 heteroatoms. The van der Waals surface area contributed by atoms with Crippen molar-refractivity contribution in [1.82, 2.24) is 0 Å². The Hall–Kier alpha value is -1.45. The predicted molar refractivity (Wildman–Crippen MR) is 59.7 cm³/mol. The van der Waals surface area contributed by atoms with Crippen LogP contribution in [0.4, 0.5) is 8.78 Å². The molecule has 0 heterocycles. The van der Waals surface area contributed by atoms with E-state index in [2.05, 4.69) is 9.99 Å². The summed E-state index contributed by atoms with van der Waals surface area (Å²) >= 11 is 0. The van der Waals surface area contributed by atoms with Gasteiger partial charge in [0, 0.05) is 0 Å². The van der Waals surface area contributed by atoms with Crippen molar-refractivity contribution in [1.29, 1.82) is 0 Å². The summed E-state index contributed by atoms with van der Waals surface area (Å²) in [5.41, 5.74) is 0.130. The van der Waals surface area contributed by atoms with Gasteiger partial charge in [-0.25, -0.2) is 8.78 Å². The van der Waals surface area contributed by atoms with E-state index in [0.29, 0.717) is 5.56 Å². The van der Waals surface area contributed by atoms with E-state index in [-0.39, 0.29) is 11.0 Å². The predicted octanol–water partition coefficient (Wildman–Crippen LogP) is 3.24. The number of rotatable bonds is 2. The summed E-state index contributed by atoms with van der Waals surface area (Å²) in [6.07, 6.45) is 1.02. The van der Waals surface area contributed by atoms with Crippen molar-refractivity contribution >= 4 is 6.21 Å². The topological polar surface area (TPSA) is 21.6 Å². The molecule has 0 atom stereocenters. The summed E-state index contributed by atoms with van der Waals surface area (Å²) < 4.78 is 27.2. The average Bonchev–Trinajstić information content (AvgIpc) is 2.15. The molecule has 0 aromatic heterocycles. The Balaban J connectivity index is 3.23. The van der Waals surface area contributed by atoms with E-state index in [1.807, 2.05) is 20.8 Å². The Morgan fingerprint density at radius 2 is 1.69 bits per heavy atom. The first kappa shape index (κ1) is 12.6. The van der Waals surface area contributed by atoms with Gasteiger partial charge in [0.1, 0.15) is 18.7 Å². The summed E-state index contributed by atoms with van der Waals surface area (Å²) in [5.74, 6) is -1.27. The number of halogens is 2. The molecular weight excluding hydrogens is 212 g/mol. The average molecular weight is 227 g/mol. The van der Waals surface area contributed by atoms with Gasteiger partial charge in [-0.2, -0.15) is 0 Å². The molecule has 0 fully saturated rings. The van der Waals surface area contributed by atoms with E-state index in [0.717, 1.165) is 6.21 Å². The second-order valence-electron chi connectivity index (χ2n) is 4.52. The second kappa shape index (κ2) is 4.60. The lowest BCUT2D eigenvalue weighted by atomic mass is 9.86. The molecule has 2 nitrogen and oxygen atoms in total. The van der Waals surface area contributed by atoms with E-state index < -0.39 is 11.6 Å². The van der Waals surface area contributed by atoms with Crippen LogP contribution in [0.2, 0.25) is 0 Å². The normalized spacial score (nSPS) is 12.1. The molecule has 0 unspecified atom stereocenters. The molecule has 0 saturated carbocycles. The molecule has 0 amide bonds. The summed E-state index contributed by atoms with van der Waals surface area (Å²) in [6, 6.07) is 2.64. The molecular formula is C12H15F2NO. The van der Waals surface area contributed by atoms with Crippen LogP contribution in [0.15, 0.2) is 17.3 Å². The van der Waals surface area contributed by atoms with Crippen LogP contribution in [-0.4, -0.2) is 13.3 Å². The second-order valence-corrected chi connectivity index (χ2v) is 4.52. The van der Waals surface area contributed by atoms with Crippen LogP contribution >= 0.6 is 0 Å². The van der Waals surface area contributed by atoms with Crippen molar-refractivity contribution in [2.75, 3.05) is 7.11 Å². The molecule has 16 heavy (non-hydrogen) atoms. The van der Waals surface area contributed by atoms with Gasteiger partial charge in [0.25, 0.3) is 0 Å². The molecule has 1 aromatic carbocycles. The van der Waals surface area contributed by atoms with Crippen LogP contribution in [-0.2, 0) is 10.3 Å². The van der Waals surface area contributed by atoms with Crippen molar-refractivity contribution in [2.45, 2.75) is 26.2 Å². The van der Waals surface area contributed by atoms with Crippen LogP contribution in [0.1, 0.15) is 31.9 Å². The third-order valence-corrected chi connectivity index (χ3v) is 2.23. The molecule has 1 aromatic rings. The van der Waals surface area contributed by atoms with E-state index >= 15 is 0 Å². The zero-order valence-electron chi connectivity index (χ0n) is 9.84. The van der Waals surface area contributed by atoms with Gasteiger partial charge in [-0.15, -0.1) is 0 Å². The summed E-state index contributed by atoms with van der Waals surface area (Å²) in [6.45, 7) is 5.68. The molecule has 0 N–H and O–H groups in total. The van der Waals surface area contributed by atoms with Crippen LogP contribution in [0, 0.1) is 11.6 Å². The summed E-state index contributed by atoms with van der Waals surface area (Å²) in [4.78, 5) is 4.39. The number of benzene rings is 1. The van der Waals surface area contributed by atoms with Crippen molar-refractivity contribution in [3.05, 3.63) is 34.9 Å². The number of nitrogens with zero attached hydrogens (tertiary/aromatic N) is 1. The highest BCUT2D eigenvalue weighted by Gasteiger charge is 2.18. The number of hydrogen-bond acceptors (Lipinski definition) is 2. The Morgan fingerprint density at radius 3 is 2.06 bits per heavy atom. The van der Waals surface area contributed by atoms with Gasteiger partial charge in [-0.3, -0.25) is 0 Å². The summed E-state index contributed by atoms with van der Waals surface area (Å²) in [7, 11) is 1.32. The van der Waals surface area contributed by atoms with Crippen molar-refractivity contribution < 1.29 is 13.6 Å². The number of hydrogen-bond donors (Lipinski definition) is 0. The van der Waals surface area contributed by atoms with E-state index in [1.54, 1.807) is 0 Å². The highest BCUT2D eigenvalue weighted by atomic mass is 19.1. The standard InChI is InChI=1S/C12H15F2NO/c1-12(2,3)8-5-10(13)9(7-15-16-4)11(14)6-8/h5-7H,1-4H3/b15-7+. The van der Waals surface area contributed by atoms with Crippen molar-refractivity contribution in [3.63, 3.8) is 0 Å². The quantitative estimate of drug-likeness (QED) is 0.561. The zero-order chi connectivity index (χ0) is 12.3. The van der Waals surface area contributed by atoms with E-state index in [9.17, 15) is 8.78 Å². The Kier molecular flexibility index (Phi) is 3.62. The summed E-state index contributed by atoms with van der Waals surface area (Å²) in [5, 5.41) is 3.35. The molecule has 0 radical (unpaired) electrons. The van der Waals surface area contributed by atoms with Gasteiger partial charge in [0.05, 0.1) is 11.8 Å². The zero-order valence-corrected chi connectivity index (χ0v) is 9.84. The highest BCUT2D eigenvalue weighted by molar-refractivity contribution is 5.80. The highest BCUT2D eigenvalue weighted by Crippen LogP contribution is 2.25. The lowest BCUT2D eigenvalue weighted by Gasteiger charge is -2.19. The maximum Gasteiger partial charge on any atom is 0.135 e. The maximum atomic E-state index is 13.6. The van der Waals surface area contributed by atoms with Gasteiger partial charge in [-0.1, -0.05) is 25.9 Å². The Labute approximate surface area is 93.9 Å². The van der Waals surface area contributed by atoms with E-state index in [1.165, 1.54) is 19.2 Å². The minimum atomic E-state index is -0.634. The maximum absolute atomic E-state index is 13.6. The molecule has 0 aliphatic rings. The van der Waals surface area contributed by atoms with Gasteiger partial charge in [0.2, 0.25) is 0 Å². The molecule has 0 bridgehead atoms. The minimum Gasteiger partial charge on any atom is -0.399 e. The third-order valence-electron chi connectivity index (χ3n) is 2.23. The van der Waals surface area contributed by atoms with Crippen LogP contribution in [0.3, 0.4) is 0 Å². The van der Waals surface area contributed by atoms with Gasteiger partial charge in [0.15, 0.2) is 0 Å². The molecule has 0 aliphatic carbocycles. The van der Waals surface area contributed by atoms with Crippen LogP contribution in [0.5, 0.6) is 0 Å². The molecule has 1 rings (SSSR count). The van der Waals surface area contributed by atoms with Crippen LogP contribution in [0.25, 0.3) is 0 Å². The third kappa shape index (κ3) is 2.78. The minimum absolute atomic E-state index is 0.185. The fourth-order valence-electron chi connectivity index (χ4n) is 1.25. The fourth-order valence-corrected chi connectivity index (χ4v) is 1.25. The first-order valence-electron chi connectivity index (χ1n) is 4.92. The monoisotopic (exact) mass is 227 g/mol. The molecule has 0 saturated heterocycles. The first-order valence-corrected chi connectivity index (χ1v) is 4.92. The van der Waals surface area contributed by atoms with Gasteiger partial charge < -0.3 is 4.84 Å². The Morgan fingerprint density at radius 1 is 1.19 bits per heavy atom. The molecule has 0 spiro atoms. The SMILES string of the molecule is CO/N=C/c1c(F)cc(C(C)(C)C)cc1F. The number of oxime groups is 1. The van der Waals surface area contributed by atoms with Gasteiger partial charge >= 0.3 is 0 Å². The van der Waals surface area contributed by atoms with Gasteiger partial charge in [-0.05, 0) is 23.1 Å². The largest absolute Gasteiger partial charge is 0.399 e. The first-order chi connectivity index (χ1) is 7.36. The lowest BCUT2D eigenvalue weighted by Crippen LogP contribution is -2.13. The smallest absolute Gasteiger partial charge is 0.135 e. The van der Waals surface area contributed by atoms with Crippen molar-refractivity contribution in [3.8, 4) is 0 Å². The molecule has 88 valence electrons. The van der Waals surface area contributed by atoms with E-state index in [4.69, 9.17) is 0 Å². The molecule has 0 aliphatic heterocycles.